The van der Waals surface area contributed by atoms with Gasteiger partial charge in [0.25, 0.3) is 5.91 Å². The summed E-state index contributed by atoms with van der Waals surface area (Å²) in [6.07, 6.45) is 3.47. The van der Waals surface area contributed by atoms with Gasteiger partial charge < -0.3 is 21.1 Å². The number of piperazine rings is 1. The van der Waals surface area contributed by atoms with Crippen LogP contribution in [-0.4, -0.2) is 71.7 Å². The Morgan fingerprint density at radius 1 is 0.972 bits per heavy atom. The van der Waals surface area contributed by atoms with Gasteiger partial charge in [0.05, 0.1) is 5.52 Å². The lowest BCUT2D eigenvalue weighted by Gasteiger charge is -2.34. The van der Waals surface area contributed by atoms with Crippen LogP contribution in [0.1, 0.15) is 22.3 Å². The minimum absolute atomic E-state index is 0.0946. The molecule has 4 N–H and O–H groups in total. The summed E-state index contributed by atoms with van der Waals surface area (Å²) < 4.78 is 0. The summed E-state index contributed by atoms with van der Waals surface area (Å²) in [6.45, 7) is 5.08. The predicted octanol–water partition coefficient (Wildman–Crippen LogP) is 3.77. The average molecular weight is 484 g/mol. The van der Waals surface area contributed by atoms with E-state index in [4.69, 9.17) is 10.8 Å². The number of nitrogen functional groups attached to an aromatic ring is 1. The minimum atomic E-state index is 0.0946. The Bertz CT molecular complexity index is 1360. The first-order valence-corrected chi connectivity index (χ1v) is 12.6. The van der Waals surface area contributed by atoms with Crippen molar-refractivity contribution in [2.75, 3.05) is 56.9 Å². The number of aromatic nitrogens is 1. The third kappa shape index (κ3) is 5.42. The quantitative estimate of drug-likeness (QED) is 0.330. The number of hydrogen-bond acceptors (Lipinski definition) is 6. The monoisotopic (exact) mass is 483 g/mol. The Balaban J connectivity index is 1.20. The van der Waals surface area contributed by atoms with Crippen molar-refractivity contribution < 1.29 is 9.90 Å². The summed E-state index contributed by atoms with van der Waals surface area (Å²) in [6, 6.07) is 20.2. The van der Waals surface area contributed by atoms with E-state index in [9.17, 15) is 4.79 Å². The van der Waals surface area contributed by atoms with Gasteiger partial charge in [-0.3, -0.25) is 14.7 Å². The van der Waals surface area contributed by atoms with Crippen molar-refractivity contribution >= 4 is 39.0 Å². The van der Waals surface area contributed by atoms with Crippen LogP contribution in [0.15, 0.2) is 66.9 Å². The molecule has 2 heterocycles. The fraction of sp³-hybridized carbons (Fsp3) is 0.310. The molecule has 0 saturated carbocycles. The molecule has 0 bridgehead atoms. The van der Waals surface area contributed by atoms with Crippen molar-refractivity contribution in [1.82, 2.24) is 14.8 Å². The lowest BCUT2D eigenvalue weighted by atomic mass is 10.0. The van der Waals surface area contributed by atoms with E-state index in [0.29, 0.717) is 0 Å². The first kappa shape index (κ1) is 24.0. The number of nitrogens with zero attached hydrogens (tertiary/aromatic N) is 3. The van der Waals surface area contributed by atoms with Gasteiger partial charge in [0.1, 0.15) is 0 Å². The van der Waals surface area contributed by atoms with E-state index in [1.165, 1.54) is 5.56 Å². The second kappa shape index (κ2) is 10.9. The normalized spacial score (nSPS) is 14.4. The molecule has 0 unspecified atom stereocenters. The Morgan fingerprint density at radius 3 is 2.61 bits per heavy atom. The largest absolute Gasteiger partial charge is 0.399 e. The van der Waals surface area contributed by atoms with E-state index >= 15 is 0 Å². The van der Waals surface area contributed by atoms with Crippen LogP contribution < -0.4 is 11.1 Å². The molecule has 1 aliphatic heterocycles. The van der Waals surface area contributed by atoms with Gasteiger partial charge in [-0.15, -0.1) is 0 Å². The molecule has 0 spiro atoms. The number of nitrogens with two attached hydrogens (primary N) is 1. The number of carbonyl (C=O) groups excluding carboxylic acids is 1. The second-order valence-electron chi connectivity index (χ2n) is 9.42. The van der Waals surface area contributed by atoms with Crippen molar-refractivity contribution in [2.24, 2.45) is 0 Å². The number of nitrogens with one attached hydrogen (secondary N) is 1. The maximum Gasteiger partial charge on any atom is 0.253 e. The van der Waals surface area contributed by atoms with Crippen molar-refractivity contribution in [2.45, 2.75) is 12.8 Å². The molecule has 1 aromatic heterocycles. The van der Waals surface area contributed by atoms with E-state index < -0.39 is 0 Å². The molecule has 3 aromatic carbocycles. The smallest absolute Gasteiger partial charge is 0.253 e. The summed E-state index contributed by atoms with van der Waals surface area (Å²) in [5.41, 5.74) is 10.6. The standard InChI is InChI=1S/C29H33N5O2/c30-25-6-7-27-26(20-25)28(9-11-32-27)31-10-8-21-2-3-23-19-24(5-4-22(23)18-21)29(36)34-15-13-33(14-16-34)12-1-17-35/h2-7,9,11,18-20,35H,1,8,10,12-17,30H2,(H,31,32). The number of pyridine rings is 1. The number of anilines is 2. The van der Waals surface area contributed by atoms with Crippen LogP contribution in [0, 0.1) is 0 Å². The number of rotatable bonds is 8. The zero-order valence-electron chi connectivity index (χ0n) is 20.5. The van der Waals surface area contributed by atoms with Gasteiger partial charge in [-0.05, 0) is 65.6 Å². The molecule has 0 radical (unpaired) electrons. The van der Waals surface area contributed by atoms with Gasteiger partial charge in [0.15, 0.2) is 0 Å². The van der Waals surface area contributed by atoms with Gasteiger partial charge in [-0.25, -0.2) is 0 Å². The number of aliphatic hydroxyl groups is 1. The molecule has 36 heavy (non-hydrogen) atoms. The van der Waals surface area contributed by atoms with E-state index in [-0.39, 0.29) is 12.5 Å². The van der Waals surface area contributed by atoms with Crippen LogP contribution in [0.2, 0.25) is 0 Å². The molecule has 5 rings (SSSR count). The first-order chi connectivity index (χ1) is 17.6. The molecular weight excluding hydrogens is 450 g/mol. The van der Waals surface area contributed by atoms with Gasteiger partial charge in [0.2, 0.25) is 0 Å². The highest BCUT2D eigenvalue weighted by atomic mass is 16.3. The lowest BCUT2D eigenvalue weighted by Crippen LogP contribution is -2.48. The highest BCUT2D eigenvalue weighted by Gasteiger charge is 2.22. The molecule has 7 nitrogen and oxygen atoms in total. The Labute approximate surface area is 211 Å². The van der Waals surface area contributed by atoms with Crippen LogP contribution in [0.5, 0.6) is 0 Å². The number of aliphatic hydroxyl groups excluding tert-OH is 1. The van der Waals surface area contributed by atoms with Crippen molar-refractivity contribution in [3.8, 4) is 0 Å². The molecule has 4 aromatic rings. The van der Waals surface area contributed by atoms with E-state index in [1.54, 1.807) is 0 Å². The van der Waals surface area contributed by atoms with E-state index in [2.05, 4.69) is 39.5 Å². The third-order valence-electron chi connectivity index (χ3n) is 6.94. The average Bonchev–Trinajstić information content (AvgIpc) is 2.91. The SMILES string of the molecule is Nc1ccc2nccc(NCCc3ccc4cc(C(=O)N5CCN(CCCO)CC5)ccc4c3)c2c1. The summed E-state index contributed by atoms with van der Waals surface area (Å²) in [7, 11) is 0. The topological polar surface area (TPSA) is 94.7 Å². The number of carbonyl (C=O) groups is 1. The van der Waals surface area contributed by atoms with Crippen molar-refractivity contribution in [3.63, 3.8) is 0 Å². The van der Waals surface area contributed by atoms with Gasteiger partial charge in [-0.1, -0.05) is 24.3 Å². The number of fused-ring (bicyclic) bond motifs is 2. The molecule has 1 fully saturated rings. The number of benzene rings is 3. The Hall–Kier alpha value is -3.68. The van der Waals surface area contributed by atoms with Crippen LogP contribution in [-0.2, 0) is 6.42 Å². The first-order valence-electron chi connectivity index (χ1n) is 12.6. The van der Waals surface area contributed by atoms with Crippen LogP contribution >= 0.6 is 0 Å². The van der Waals surface area contributed by atoms with E-state index in [1.807, 2.05) is 47.5 Å². The number of hydrogen-bond donors (Lipinski definition) is 3. The summed E-state index contributed by atoms with van der Waals surface area (Å²) >= 11 is 0. The zero-order chi connectivity index (χ0) is 24.9. The molecule has 1 saturated heterocycles. The van der Waals surface area contributed by atoms with Crippen LogP contribution in [0.25, 0.3) is 21.7 Å². The van der Waals surface area contributed by atoms with Gasteiger partial charge >= 0.3 is 0 Å². The molecule has 0 aliphatic carbocycles. The predicted molar refractivity (Wildman–Crippen MR) is 146 cm³/mol. The minimum Gasteiger partial charge on any atom is -0.399 e. The van der Waals surface area contributed by atoms with Gasteiger partial charge in [0, 0.05) is 74.4 Å². The molecule has 7 heteroatoms. The summed E-state index contributed by atoms with van der Waals surface area (Å²) in [5, 5.41) is 15.8. The Morgan fingerprint density at radius 2 is 1.78 bits per heavy atom. The third-order valence-corrected chi connectivity index (χ3v) is 6.94. The molecule has 186 valence electrons. The van der Waals surface area contributed by atoms with Crippen molar-refractivity contribution in [1.29, 1.82) is 0 Å². The fourth-order valence-corrected chi connectivity index (χ4v) is 4.89. The molecular formula is C29H33N5O2. The van der Waals surface area contributed by atoms with E-state index in [0.717, 1.165) is 90.7 Å². The highest BCUT2D eigenvalue weighted by Crippen LogP contribution is 2.24. The van der Waals surface area contributed by atoms with Crippen LogP contribution in [0.4, 0.5) is 11.4 Å². The van der Waals surface area contributed by atoms with Gasteiger partial charge in [-0.2, -0.15) is 0 Å². The summed E-state index contributed by atoms with van der Waals surface area (Å²) in [4.78, 5) is 21.7. The van der Waals surface area contributed by atoms with Crippen molar-refractivity contribution in [3.05, 3.63) is 78.0 Å². The molecule has 0 atom stereocenters. The Kier molecular flexibility index (Phi) is 7.30. The van der Waals surface area contributed by atoms with Crippen LogP contribution in [0.3, 0.4) is 0 Å². The maximum absolute atomic E-state index is 13.1. The fourth-order valence-electron chi connectivity index (χ4n) is 4.89. The molecule has 1 amide bonds. The second-order valence-corrected chi connectivity index (χ2v) is 9.42. The molecule has 1 aliphatic rings. The number of amides is 1. The maximum atomic E-state index is 13.1. The lowest BCUT2D eigenvalue weighted by molar-refractivity contribution is 0.0629. The summed E-state index contributed by atoms with van der Waals surface area (Å²) in [5.74, 6) is 0.0946. The highest BCUT2D eigenvalue weighted by molar-refractivity contribution is 5.99. The zero-order valence-corrected chi connectivity index (χ0v) is 20.5.